The van der Waals surface area contributed by atoms with Crippen LogP contribution in [0.5, 0.6) is 0 Å². The van der Waals surface area contributed by atoms with E-state index >= 15 is 0 Å². The van der Waals surface area contributed by atoms with E-state index < -0.39 is 0 Å². The van der Waals surface area contributed by atoms with Gasteiger partial charge in [-0.15, -0.1) is 0 Å². The molecule has 0 aromatic heterocycles. The number of rotatable bonds is 3. The first-order valence-electron chi connectivity index (χ1n) is 4.07. The molecule has 0 bridgehead atoms. The lowest BCUT2D eigenvalue weighted by Gasteiger charge is -2.04. The Morgan fingerprint density at radius 3 is 2.71 bits per heavy atom. The number of alkyl halides is 1. The van der Waals surface area contributed by atoms with E-state index in [1.54, 1.807) is 0 Å². The zero-order chi connectivity index (χ0) is 10.6. The standard InChI is InChI=1S/C10H10Br2O2/c1-14-10(13)5-8-3-2-7(6-11)4-9(8)12/h2-4H,5-6H2,1H3. The summed E-state index contributed by atoms with van der Waals surface area (Å²) in [5, 5.41) is 0.810. The molecule has 0 atom stereocenters. The van der Waals surface area contributed by atoms with Crippen molar-refractivity contribution in [1.29, 1.82) is 0 Å². The van der Waals surface area contributed by atoms with E-state index in [4.69, 9.17) is 0 Å². The van der Waals surface area contributed by atoms with Crippen molar-refractivity contribution in [2.75, 3.05) is 7.11 Å². The third-order valence-corrected chi connectivity index (χ3v) is 3.22. The van der Waals surface area contributed by atoms with Crippen LogP contribution in [0.25, 0.3) is 0 Å². The highest BCUT2D eigenvalue weighted by Gasteiger charge is 2.06. The maximum atomic E-state index is 11.0. The maximum Gasteiger partial charge on any atom is 0.310 e. The highest BCUT2D eigenvalue weighted by atomic mass is 79.9. The van der Waals surface area contributed by atoms with Crippen LogP contribution in [0.15, 0.2) is 22.7 Å². The molecule has 0 unspecified atom stereocenters. The molecule has 14 heavy (non-hydrogen) atoms. The van der Waals surface area contributed by atoms with Crippen molar-refractivity contribution in [3.8, 4) is 0 Å². The molecule has 1 rings (SSSR count). The number of hydrogen-bond donors (Lipinski definition) is 0. The van der Waals surface area contributed by atoms with Gasteiger partial charge in [-0.2, -0.15) is 0 Å². The Morgan fingerprint density at radius 2 is 2.21 bits per heavy atom. The summed E-state index contributed by atoms with van der Waals surface area (Å²) in [5.74, 6) is -0.225. The summed E-state index contributed by atoms with van der Waals surface area (Å²) in [6.07, 6.45) is 0.305. The van der Waals surface area contributed by atoms with Crippen LogP contribution in [0.1, 0.15) is 11.1 Å². The van der Waals surface area contributed by atoms with E-state index in [0.717, 1.165) is 15.4 Å². The molecule has 76 valence electrons. The average molecular weight is 322 g/mol. The van der Waals surface area contributed by atoms with Crippen LogP contribution in [0.2, 0.25) is 0 Å². The molecule has 2 nitrogen and oxygen atoms in total. The third kappa shape index (κ3) is 3.10. The van der Waals surface area contributed by atoms with Crippen LogP contribution in [-0.4, -0.2) is 13.1 Å². The van der Waals surface area contributed by atoms with Crippen LogP contribution >= 0.6 is 31.9 Å². The molecule has 1 aromatic carbocycles. The number of carbonyl (C=O) groups is 1. The van der Waals surface area contributed by atoms with Crippen molar-refractivity contribution in [1.82, 2.24) is 0 Å². The first-order chi connectivity index (χ1) is 6.67. The Morgan fingerprint density at radius 1 is 1.50 bits per heavy atom. The zero-order valence-electron chi connectivity index (χ0n) is 7.72. The third-order valence-electron chi connectivity index (χ3n) is 1.83. The van der Waals surface area contributed by atoms with Crippen LogP contribution in [0, 0.1) is 0 Å². The van der Waals surface area contributed by atoms with E-state index in [9.17, 15) is 4.79 Å². The van der Waals surface area contributed by atoms with Crippen molar-refractivity contribution >= 4 is 37.8 Å². The Bertz CT molecular complexity index is 337. The number of benzene rings is 1. The molecule has 0 fully saturated rings. The fraction of sp³-hybridized carbons (Fsp3) is 0.300. The Labute approximate surface area is 99.9 Å². The van der Waals surface area contributed by atoms with E-state index in [1.165, 1.54) is 12.7 Å². The minimum Gasteiger partial charge on any atom is -0.469 e. The molecule has 0 spiro atoms. The molecular formula is C10H10Br2O2. The molecule has 1 aromatic rings. The summed E-state index contributed by atoms with van der Waals surface area (Å²) in [4.78, 5) is 11.0. The van der Waals surface area contributed by atoms with Gasteiger partial charge in [0.25, 0.3) is 0 Å². The summed E-state index contributed by atoms with van der Waals surface area (Å²) < 4.78 is 5.54. The molecule has 0 heterocycles. The second-order valence-electron chi connectivity index (χ2n) is 2.81. The topological polar surface area (TPSA) is 26.3 Å². The summed E-state index contributed by atoms with van der Waals surface area (Å²) in [7, 11) is 1.39. The minimum absolute atomic E-state index is 0.225. The molecule has 0 N–H and O–H groups in total. The van der Waals surface area contributed by atoms with Crippen LogP contribution < -0.4 is 0 Å². The van der Waals surface area contributed by atoms with E-state index in [-0.39, 0.29) is 5.97 Å². The molecule has 0 aliphatic heterocycles. The molecule has 0 aliphatic carbocycles. The Kier molecular flexibility index (Phi) is 4.62. The smallest absolute Gasteiger partial charge is 0.310 e. The lowest BCUT2D eigenvalue weighted by Crippen LogP contribution is -2.05. The van der Waals surface area contributed by atoms with Crippen molar-refractivity contribution in [3.63, 3.8) is 0 Å². The van der Waals surface area contributed by atoms with Crippen molar-refractivity contribution < 1.29 is 9.53 Å². The van der Waals surface area contributed by atoms with Gasteiger partial charge >= 0.3 is 5.97 Å². The predicted molar refractivity (Wildman–Crippen MR) is 62.5 cm³/mol. The van der Waals surface area contributed by atoms with Gasteiger partial charge in [0.2, 0.25) is 0 Å². The SMILES string of the molecule is COC(=O)Cc1ccc(CBr)cc1Br. The molecule has 0 amide bonds. The largest absolute Gasteiger partial charge is 0.469 e. The normalized spacial score (nSPS) is 9.93. The summed E-state index contributed by atoms with van der Waals surface area (Å²) >= 11 is 6.79. The summed E-state index contributed by atoms with van der Waals surface area (Å²) in [6.45, 7) is 0. The summed E-state index contributed by atoms with van der Waals surface area (Å²) in [5.41, 5.74) is 2.12. The monoisotopic (exact) mass is 320 g/mol. The number of carbonyl (C=O) groups excluding carboxylic acids is 1. The molecule has 0 saturated carbocycles. The van der Waals surface area contributed by atoms with Gasteiger partial charge < -0.3 is 4.74 Å². The Balaban J connectivity index is 2.83. The maximum absolute atomic E-state index is 11.0. The van der Waals surface area contributed by atoms with Crippen molar-refractivity contribution in [3.05, 3.63) is 33.8 Å². The van der Waals surface area contributed by atoms with E-state index in [0.29, 0.717) is 6.42 Å². The first-order valence-corrected chi connectivity index (χ1v) is 5.99. The highest BCUT2D eigenvalue weighted by molar-refractivity contribution is 9.10. The van der Waals surface area contributed by atoms with Gasteiger partial charge in [0, 0.05) is 9.80 Å². The molecule has 0 radical (unpaired) electrons. The number of ether oxygens (including phenoxy) is 1. The van der Waals surface area contributed by atoms with Crippen LogP contribution in [-0.2, 0) is 21.3 Å². The quantitative estimate of drug-likeness (QED) is 0.632. The molecule has 4 heteroatoms. The number of hydrogen-bond acceptors (Lipinski definition) is 2. The fourth-order valence-corrected chi connectivity index (χ4v) is 1.96. The van der Waals surface area contributed by atoms with Gasteiger partial charge in [0.1, 0.15) is 0 Å². The number of halogens is 2. The van der Waals surface area contributed by atoms with Crippen molar-refractivity contribution in [2.24, 2.45) is 0 Å². The van der Waals surface area contributed by atoms with Crippen LogP contribution in [0.3, 0.4) is 0 Å². The lowest BCUT2D eigenvalue weighted by atomic mass is 10.1. The average Bonchev–Trinajstić information content (AvgIpc) is 2.20. The molecule has 0 saturated heterocycles. The van der Waals surface area contributed by atoms with Gasteiger partial charge in [-0.05, 0) is 17.2 Å². The zero-order valence-corrected chi connectivity index (χ0v) is 10.9. The van der Waals surface area contributed by atoms with Gasteiger partial charge in [0.05, 0.1) is 13.5 Å². The molecular weight excluding hydrogens is 312 g/mol. The second-order valence-corrected chi connectivity index (χ2v) is 4.23. The highest BCUT2D eigenvalue weighted by Crippen LogP contribution is 2.20. The lowest BCUT2D eigenvalue weighted by molar-refractivity contribution is -0.139. The molecule has 0 aliphatic rings. The number of esters is 1. The second kappa shape index (κ2) is 5.51. The van der Waals surface area contributed by atoms with Gasteiger partial charge in [-0.3, -0.25) is 4.79 Å². The van der Waals surface area contributed by atoms with E-state index in [2.05, 4.69) is 36.6 Å². The predicted octanol–water partition coefficient (Wildman–Crippen LogP) is 3.06. The van der Waals surface area contributed by atoms with E-state index in [1.807, 2.05) is 18.2 Å². The fourth-order valence-electron chi connectivity index (χ4n) is 1.04. The van der Waals surface area contributed by atoms with Gasteiger partial charge in [-0.25, -0.2) is 0 Å². The van der Waals surface area contributed by atoms with Crippen molar-refractivity contribution in [2.45, 2.75) is 11.8 Å². The summed E-state index contributed by atoms with van der Waals surface area (Å²) in [6, 6.07) is 5.91. The number of methoxy groups -OCH3 is 1. The minimum atomic E-state index is -0.225. The first kappa shape index (κ1) is 11.7. The van der Waals surface area contributed by atoms with Gasteiger partial charge in [-0.1, -0.05) is 44.0 Å². The van der Waals surface area contributed by atoms with Crippen LogP contribution in [0.4, 0.5) is 0 Å². The van der Waals surface area contributed by atoms with Gasteiger partial charge in [0.15, 0.2) is 0 Å². The Hall–Kier alpha value is -0.350.